The first-order valence-electron chi connectivity index (χ1n) is 6.70. The van der Waals surface area contributed by atoms with Crippen molar-refractivity contribution in [3.05, 3.63) is 64.4 Å². The number of fused-ring (bicyclic) bond motifs is 1. The Bertz CT molecular complexity index is 690. The quantitative estimate of drug-likeness (QED) is 0.895. The van der Waals surface area contributed by atoms with E-state index in [2.05, 4.69) is 10.6 Å². The van der Waals surface area contributed by atoms with Gasteiger partial charge in [0.25, 0.3) is 0 Å². The number of halogens is 2. The molecule has 0 spiro atoms. The summed E-state index contributed by atoms with van der Waals surface area (Å²) >= 11 is 5.71. The van der Waals surface area contributed by atoms with Crippen LogP contribution < -0.4 is 10.6 Å². The van der Waals surface area contributed by atoms with E-state index >= 15 is 0 Å². The van der Waals surface area contributed by atoms with Crippen LogP contribution in [0.25, 0.3) is 0 Å². The third kappa shape index (κ3) is 2.91. The highest BCUT2D eigenvalue weighted by molar-refractivity contribution is 6.31. The fraction of sp³-hybridized carbons (Fsp3) is 0.188. The number of rotatable bonds is 2. The van der Waals surface area contributed by atoms with Crippen LogP contribution in [0, 0.1) is 5.82 Å². The fourth-order valence-electron chi connectivity index (χ4n) is 2.46. The molecule has 3 rings (SSSR count). The van der Waals surface area contributed by atoms with E-state index < -0.39 is 5.82 Å². The zero-order valence-electron chi connectivity index (χ0n) is 11.2. The molecule has 0 saturated carbocycles. The molecule has 3 nitrogen and oxygen atoms in total. The molecule has 0 bridgehead atoms. The Kier molecular flexibility index (Phi) is 3.90. The molecule has 0 radical (unpaired) electrons. The van der Waals surface area contributed by atoms with E-state index in [1.807, 2.05) is 24.3 Å². The van der Waals surface area contributed by atoms with Crippen molar-refractivity contribution in [1.82, 2.24) is 5.32 Å². The molecule has 1 aliphatic heterocycles. The molecule has 0 aliphatic carbocycles. The average molecular weight is 305 g/mol. The first kappa shape index (κ1) is 14.0. The highest BCUT2D eigenvalue weighted by atomic mass is 35.5. The Balaban J connectivity index is 1.74. The van der Waals surface area contributed by atoms with Crippen molar-refractivity contribution in [2.24, 2.45) is 0 Å². The standard InChI is InChI=1S/C16H14ClFN2O/c17-12-6-3-7-13(15(12)18)20-16(21)14-8-10-4-1-2-5-11(10)9-19-14/h1-7,14,19H,8-9H2,(H,20,21). The molecule has 5 heteroatoms. The van der Waals surface area contributed by atoms with Crippen LogP contribution >= 0.6 is 11.6 Å². The van der Waals surface area contributed by atoms with Crippen LogP contribution in [0.5, 0.6) is 0 Å². The van der Waals surface area contributed by atoms with Crippen LogP contribution in [-0.2, 0) is 17.8 Å². The largest absolute Gasteiger partial charge is 0.322 e. The Morgan fingerprint density at radius 1 is 1.19 bits per heavy atom. The minimum absolute atomic E-state index is 0.00486. The van der Waals surface area contributed by atoms with Gasteiger partial charge in [0.15, 0.2) is 5.82 Å². The van der Waals surface area contributed by atoms with Crippen molar-refractivity contribution in [1.29, 1.82) is 0 Å². The summed E-state index contributed by atoms with van der Waals surface area (Å²) in [6.07, 6.45) is 0.587. The smallest absolute Gasteiger partial charge is 0.241 e. The summed E-state index contributed by atoms with van der Waals surface area (Å²) in [7, 11) is 0. The fourth-order valence-corrected chi connectivity index (χ4v) is 2.63. The summed E-state index contributed by atoms with van der Waals surface area (Å²) in [4.78, 5) is 12.3. The highest BCUT2D eigenvalue weighted by Gasteiger charge is 2.24. The number of hydrogen-bond acceptors (Lipinski definition) is 2. The van der Waals surface area contributed by atoms with Gasteiger partial charge in [-0.15, -0.1) is 0 Å². The maximum Gasteiger partial charge on any atom is 0.241 e. The summed E-state index contributed by atoms with van der Waals surface area (Å²) in [5, 5.41) is 5.75. The number of anilines is 1. The van der Waals surface area contributed by atoms with E-state index in [9.17, 15) is 9.18 Å². The van der Waals surface area contributed by atoms with Crippen molar-refractivity contribution in [2.45, 2.75) is 19.0 Å². The summed E-state index contributed by atoms with van der Waals surface area (Å²) < 4.78 is 13.8. The predicted octanol–water partition coefficient (Wildman–Crippen LogP) is 3.13. The van der Waals surface area contributed by atoms with E-state index in [1.165, 1.54) is 17.7 Å². The van der Waals surface area contributed by atoms with Gasteiger partial charge in [-0.05, 0) is 29.7 Å². The van der Waals surface area contributed by atoms with Gasteiger partial charge in [0.1, 0.15) is 0 Å². The summed E-state index contributed by atoms with van der Waals surface area (Å²) in [5.41, 5.74) is 2.44. The maximum atomic E-state index is 13.8. The second-order valence-corrected chi connectivity index (χ2v) is 5.40. The van der Waals surface area contributed by atoms with E-state index in [0.29, 0.717) is 13.0 Å². The number of carbonyl (C=O) groups is 1. The summed E-state index contributed by atoms with van der Waals surface area (Å²) in [6, 6.07) is 12.1. The molecular formula is C16H14ClFN2O. The highest BCUT2D eigenvalue weighted by Crippen LogP contribution is 2.23. The lowest BCUT2D eigenvalue weighted by molar-refractivity contribution is -0.118. The van der Waals surface area contributed by atoms with Crippen LogP contribution in [0.2, 0.25) is 5.02 Å². The minimum Gasteiger partial charge on any atom is -0.322 e. The molecule has 0 aromatic heterocycles. The lowest BCUT2D eigenvalue weighted by Crippen LogP contribution is -2.44. The van der Waals surface area contributed by atoms with Crippen LogP contribution in [-0.4, -0.2) is 11.9 Å². The third-order valence-corrected chi connectivity index (χ3v) is 3.90. The number of hydrogen-bond donors (Lipinski definition) is 2. The third-order valence-electron chi connectivity index (χ3n) is 3.61. The van der Waals surface area contributed by atoms with Crippen molar-refractivity contribution >= 4 is 23.2 Å². The molecule has 1 atom stereocenters. The van der Waals surface area contributed by atoms with Crippen molar-refractivity contribution in [2.75, 3.05) is 5.32 Å². The number of carbonyl (C=O) groups excluding carboxylic acids is 1. The normalized spacial score (nSPS) is 17.1. The predicted molar refractivity (Wildman–Crippen MR) is 80.8 cm³/mol. The van der Waals surface area contributed by atoms with E-state index in [0.717, 1.165) is 5.56 Å². The SMILES string of the molecule is O=C(Nc1cccc(Cl)c1F)C1Cc2ccccc2CN1. The Morgan fingerprint density at radius 2 is 1.95 bits per heavy atom. The first-order valence-corrected chi connectivity index (χ1v) is 7.08. The number of nitrogens with one attached hydrogen (secondary N) is 2. The van der Waals surface area contributed by atoms with Crippen LogP contribution in [0.15, 0.2) is 42.5 Å². The molecule has 1 unspecified atom stereocenters. The van der Waals surface area contributed by atoms with Gasteiger partial charge in [0, 0.05) is 6.54 Å². The summed E-state index contributed by atoms with van der Waals surface area (Å²) in [6.45, 7) is 0.631. The van der Waals surface area contributed by atoms with Gasteiger partial charge < -0.3 is 10.6 Å². The molecule has 1 heterocycles. The van der Waals surface area contributed by atoms with Crippen molar-refractivity contribution in [3.8, 4) is 0 Å². The molecule has 1 aliphatic rings. The van der Waals surface area contributed by atoms with Crippen LogP contribution in [0.4, 0.5) is 10.1 Å². The average Bonchev–Trinajstić information content (AvgIpc) is 2.51. The second-order valence-electron chi connectivity index (χ2n) is 5.00. The lowest BCUT2D eigenvalue weighted by Gasteiger charge is -2.25. The van der Waals surface area contributed by atoms with Crippen LogP contribution in [0.3, 0.4) is 0 Å². The Hall–Kier alpha value is -1.91. The van der Waals surface area contributed by atoms with Gasteiger partial charge in [-0.2, -0.15) is 0 Å². The van der Waals surface area contributed by atoms with Gasteiger partial charge >= 0.3 is 0 Å². The monoisotopic (exact) mass is 304 g/mol. The number of amides is 1. The molecule has 0 saturated heterocycles. The van der Waals surface area contributed by atoms with Gasteiger partial charge in [-0.25, -0.2) is 4.39 Å². The molecule has 2 aromatic rings. The van der Waals surface area contributed by atoms with E-state index in [4.69, 9.17) is 11.6 Å². The molecule has 21 heavy (non-hydrogen) atoms. The first-order chi connectivity index (χ1) is 10.1. The van der Waals surface area contributed by atoms with E-state index in [1.54, 1.807) is 6.07 Å². The Morgan fingerprint density at radius 3 is 2.76 bits per heavy atom. The molecule has 2 N–H and O–H groups in total. The molecule has 108 valence electrons. The molecular weight excluding hydrogens is 291 g/mol. The van der Waals surface area contributed by atoms with Gasteiger partial charge in [-0.1, -0.05) is 41.9 Å². The van der Waals surface area contributed by atoms with Gasteiger partial charge in [-0.3, -0.25) is 4.79 Å². The van der Waals surface area contributed by atoms with Gasteiger partial charge in [0.05, 0.1) is 16.8 Å². The zero-order valence-corrected chi connectivity index (χ0v) is 12.0. The van der Waals surface area contributed by atoms with Crippen LogP contribution in [0.1, 0.15) is 11.1 Å². The zero-order chi connectivity index (χ0) is 14.8. The molecule has 1 amide bonds. The van der Waals surface area contributed by atoms with E-state index in [-0.39, 0.29) is 22.7 Å². The minimum atomic E-state index is -0.608. The molecule has 2 aromatic carbocycles. The van der Waals surface area contributed by atoms with Crippen molar-refractivity contribution < 1.29 is 9.18 Å². The Labute approximate surface area is 127 Å². The maximum absolute atomic E-state index is 13.8. The lowest BCUT2D eigenvalue weighted by atomic mass is 9.95. The van der Waals surface area contributed by atoms with Crippen molar-refractivity contribution in [3.63, 3.8) is 0 Å². The second kappa shape index (κ2) is 5.84. The molecule has 0 fully saturated rings. The topological polar surface area (TPSA) is 41.1 Å². The number of benzene rings is 2. The van der Waals surface area contributed by atoms with Gasteiger partial charge in [0.2, 0.25) is 5.91 Å². The summed E-state index contributed by atoms with van der Waals surface area (Å²) in [5.74, 6) is -0.866.